The number of ether oxygens (including phenoxy) is 4. The number of hydrogen-bond acceptors (Lipinski definition) is 12. The van der Waals surface area contributed by atoms with Gasteiger partial charge in [0.1, 0.15) is 29.6 Å². The van der Waals surface area contributed by atoms with E-state index in [1.807, 2.05) is 42.6 Å². The third kappa shape index (κ3) is 7.65. The highest BCUT2D eigenvalue weighted by molar-refractivity contribution is 6.76. The van der Waals surface area contributed by atoms with Gasteiger partial charge in [-0.3, -0.25) is 4.57 Å². The second-order valence-electron chi connectivity index (χ2n) is 13.7. The Hall–Kier alpha value is -5.12. The van der Waals surface area contributed by atoms with Crippen molar-refractivity contribution >= 4 is 36.7 Å². The molecule has 5 heterocycles. The van der Waals surface area contributed by atoms with Crippen molar-refractivity contribution in [1.29, 1.82) is 0 Å². The molecular weight excluding hydrogens is 665 g/mol. The predicted molar refractivity (Wildman–Crippen MR) is 198 cm³/mol. The van der Waals surface area contributed by atoms with Crippen molar-refractivity contribution in [3.63, 3.8) is 0 Å². The number of aromatic nitrogens is 8. The lowest BCUT2D eigenvalue weighted by Crippen LogP contribution is -2.38. The molecule has 14 nitrogen and oxygen atoms in total. The molecule has 0 bridgehead atoms. The van der Waals surface area contributed by atoms with Crippen LogP contribution in [0.4, 0.5) is 11.9 Å². The summed E-state index contributed by atoms with van der Waals surface area (Å²) in [5.41, 5.74) is 5.15. The van der Waals surface area contributed by atoms with Crippen molar-refractivity contribution < 1.29 is 18.9 Å². The fourth-order valence-electron chi connectivity index (χ4n) is 6.09. The molecule has 1 saturated heterocycles. The number of rotatable bonds is 14. The van der Waals surface area contributed by atoms with Crippen LogP contribution in [0.2, 0.25) is 25.7 Å². The predicted octanol–water partition coefficient (Wildman–Crippen LogP) is 5.30. The Morgan fingerprint density at radius 1 is 0.882 bits per heavy atom. The van der Waals surface area contributed by atoms with E-state index in [1.54, 1.807) is 31.1 Å². The van der Waals surface area contributed by atoms with Gasteiger partial charge >= 0.3 is 0 Å². The number of morpholine rings is 1. The van der Waals surface area contributed by atoms with Gasteiger partial charge in [-0.1, -0.05) is 37.8 Å². The third-order valence-electron chi connectivity index (χ3n) is 8.92. The molecule has 4 aromatic heterocycles. The zero-order valence-electron chi connectivity index (χ0n) is 29.8. The van der Waals surface area contributed by atoms with E-state index in [0.717, 1.165) is 51.1 Å². The average Bonchev–Trinajstić information content (AvgIpc) is 3.74. The van der Waals surface area contributed by atoms with Gasteiger partial charge in [-0.2, -0.15) is 29.8 Å². The van der Waals surface area contributed by atoms with Crippen molar-refractivity contribution in [2.45, 2.75) is 45.5 Å². The Morgan fingerprint density at radius 2 is 1.71 bits per heavy atom. The van der Waals surface area contributed by atoms with Crippen molar-refractivity contribution in [2.24, 2.45) is 0 Å². The summed E-state index contributed by atoms with van der Waals surface area (Å²) < 4.78 is 27.3. The first-order valence-electron chi connectivity index (χ1n) is 17.1. The zero-order chi connectivity index (χ0) is 35.4. The first kappa shape index (κ1) is 34.3. The van der Waals surface area contributed by atoms with Gasteiger partial charge < -0.3 is 28.7 Å². The Balaban J connectivity index is 1.37. The molecule has 0 saturated carbocycles. The van der Waals surface area contributed by atoms with Crippen molar-refractivity contribution in [1.82, 2.24) is 39.3 Å². The van der Waals surface area contributed by atoms with Gasteiger partial charge in [0.05, 0.1) is 58.1 Å². The summed E-state index contributed by atoms with van der Waals surface area (Å²) in [6.45, 7) is 11.5. The second-order valence-corrected chi connectivity index (χ2v) is 19.3. The molecule has 0 N–H and O–H groups in total. The van der Waals surface area contributed by atoms with Crippen LogP contribution in [0.15, 0.2) is 67.1 Å². The van der Waals surface area contributed by atoms with E-state index in [4.69, 9.17) is 39.0 Å². The summed E-state index contributed by atoms with van der Waals surface area (Å²) in [6, 6.07) is 17.0. The van der Waals surface area contributed by atoms with Crippen LogP contribution in [0, 0.1) is 0 Å². The normalized spacial score (nSPS) is 13.6. The van der Waals surface area contributed by atoms with Crippen LogP contribution in [0.3, 0.4) is 0 Å². The number of fused-ring (bicyclic) bond motifs is 2. The summed E-state index contributed by atoms with van der Waals surface area (Å²) >= 11 is 0. The maximum absolute atomic E-state index is 6.35. The number of anilines is 2. The number of benzene rings is 2. The topological polar surface area (TPSA) is 130 Å². The molecular formula is C36H44N10O4Si. The Labute approximate surface area is 298 Å². The minimum Gasteiger partial charge on any atom is -0.497 e. The quantitative estimate of drug-likeness (QED) is 0.108. The van der Waals surface area contributed by atoms with Gasteiger partial charge in [0, 0.05) is 45.4 Å². The van der Waals surface area contributed by atoms with Gasteiger partial charge in [0.25, 0.3) is 0 Å². The largest absolute Gasteiger partial charge is 0.497 e. The highest BCUT2D eigenvalue weighted by atomic mass is 28.3. The smallest absolute Gasteiger partial charge is 0.232 e. The molecule has 0 aliphatic carbocycles. The molecule has 0 unspecified atom stereocenters. The minimum atomic E-state index is -1.29. The molecule has 15 heteroatoms. The molecule has 1 aliphatic heterocycles. The molecule has 7 rings (SSSR count). The number of imidazole rings is 1. The molecule has 0 amide bonds. The van der Waals surface area contributed by atoms with Gasteiger partial charge in [-0.05, 0) is 41.9 Å². The second kappa shape index (κ2) is 15.0. The molecule has 0 atom stereocenters. The molecule has 0 spiro atoms. The SMILES string of the molecule is COc1ccc(CN(Cc2nc3cccc(OC)c3n2COCC[Si](C)(C)C)c2nc(N3CCOCC3)nc3c(-c4ccnnc4)cnn23)cc1. The molecule has 0 radical (unpaired) electrons. The number of para-hydroxylation sites is 1. The van der Waals surface area contributed by atoms with E-state index in [0.29, 0.717) is 70.3 Å². The summed E-state index contributed by atoms with van der Waals surface area (Å²) in [5, 5.41) is 13.0. The van der Waals surface area contributed by atoms with Crippen molar-refractivity contribution in [3.8, 4) is 22.6 Å². The fraction of sp³-hybridized carbons (Fsp3) is 0.389. The third-order valence-corrected chi connectivity index (χ3v) is 10.6. The summed E-state index contributed by atoms with van der Waals surface area (Å²) in [4.78, 5) is 19.8. The molecule has 266 valence electrons. The molecule has 2 aromatic carbocycles. The molecule has 51 heavy (non-hydrogen) atoms. The van der Waals surface area contributed by atoms with Crippen molar-refractivity contribution in [2.75, 3.05) is 56.9 Å². The lowest BCUT2D eigenvalue weighted by molar-refractivity contribution is 0.0876. The maximum Gasteiger partial charge on any atom is 0.232 e. The maximum atomic E-state index is 6.35. The summed E-state index contributed by atoms with van der Waals surface area (Å²) in [5.74, 6) is 3.56. The lowest BCUT2D eigenvalue weighted by Gasteiger charge is -2.29. The first-order valence-corrected chi connectivity index (χ1v) is 20.9. The van der Waals surface area contributed by atoms with Gasteiger partial charge in [-0.25, -0.2) is 4.98 Å². The monoisotopic (exact) mass is 708 g/mol. The number of hydrogen-bond donors (Lipinski definition) is 0. The zero-order valence-corrected chi connectivity index (χ0v) is 30.8. The van der Waals surface area contributed by atoms with E-state index in [2.05, 4.69) is 56.3 Å². The van der Waals surface area contributed by atoms with Gasteiger partial charge in [0.15, 0.2) is 5.65 Å². The van der Waals surface area contributed by atoms with E-state index in [-0.39, 0.29) is 0 Å². The standard InChI is InChI=1S/C36H44N10O4Si/c1-47-28-11-9-26(10-12-28)23-44(24-32-40-30-7-6-8-31(48-2)33(30)45(32)25-50-19-20-51(3,4)5)36-42-35(43-15-17-49-18-16-43)41-34-29(22-39-46(34)36)27-13-14-37-38-21-27/h6-14,21-22H,15-20,23-25H2,1-5H3. The van der Waals surface area contributed by atoms with Gasteiger partial charge in [0.2, 0.25) is 11.9 Å². The molecule has 6 aromatic rings. The Kier molecular flexibility index (Phi) is 10.1. The average molecular weight is 709 g/mol. The first-order chi connectivity index (χ1) is 24.8. The van der Waals surface area contributed by atoms with E-state index >= 15 is 0 Å². The summed E-state index contributed by atoms with van der Waals surface area (Å²) in [7, 11) is 2.07. The van der Waals surface area contributed by atoms with Crippen LogP contribution in [-0.2, 0) is 29.3 Å². The Bertz CT molecular complexity index is 2080. The number of methoxy groups -OCH3 is 2. The van der Waals surface area contributed by atoms with E-state index in [9.17, 15) is 0 Å². The summed E-state index contributed by atoms with van der Waals surface area (Å²) in [6.07, 6.45) is 5.20. The van der Waals surface area contributed by atoms with Crippen LogP contribution in [0.5, 0.6) is 11.5 Å². The van der Waals surface area contributed by atoms with Crippen molar-refractivity contribution in [3.05, 3.63) is 78.5 Å². The highest BCUT2D eigenvalue weighted by Gasteiger charge is 2.26. The molecule has 1 fully saturated rings. The van der Waals surface area contributed by atoms with E-state index in [1.165, 1.54) is 0 Å². The van der Waals surface area contributed by atoms with Crippen LogP contribution in [-0.4, -0.2) is 94.5 Å². The van der Waals surface area contributed by atoms with Crippen LogP contribution in [0.1, 0.15) is 11.4 Å². The lowest BCUT2D eigenvalue weighted by atomic mass is 10.2. The fourth-order valence-corrected chi connectivity index (χ4v) is 6.85. The van der Waals surface area contributed by atoms with Gasteiger partial charge in [-0.15, -0.1) is 0 Å². The number of nitrogens with zero attached hydrogens (tertiary/aromatic N) is 10. The van der Waals surface area contributed by atoms with E-state index < -0.39 is 8.07 Å². The highest BCUT2D eigenvalue weighted by Crippen LogP contribution is 2.31. The van der Waals surface area contributed by atoms with Crippen LogP contribution >= 0.6 is 0 Å². The van der Waals surface area contributed by atoms with Crippen LogP contribution in [0.25, 0.3) is 27.8 Å². The van der Waals surface area contributed by atoms with Crippen LogP contribution < -0.4 is 19.3 Å². The Morgan fingerprint density at radius 3 is 2.43 bits per heavy atom. The minimum absolute atomic E-state index is 0.340. The molecule has 1 aliphatic rings.